The highest BCUT2D eigenvalue weighted by molar-refractivity contribution is 5.89. The molecule has 7 nitrogen and oxygen atoms in total. The predicted molar refractivity (Wildman–Crippen MR) is 123 cm³/mol. The quantitative estimate of drug-likeness (QED) is 0.315. The summed E-state index contributed by atoms with van der Waals surface area (Å²) in [6.07, 6.45) is 5.30. The molecular weight excluding hydrogens is 410 g/mol. The third-order valence-corrected chi connectivity index (χ3v) is 4.21. The highest BCUT2D eigenvalue weighted by Crippen LogP contribution is 2.15. The van der Waals surface area contributed by atoms with Crippen molar-refractivity contribution in [2.75, 3.05) is 20.3 Å². The summed E-state index contributed by atoms with van der Waals surface area (Å²) in [4.78, 5) is 23.1. The van der Waals surface area contributed by atoms with Gasteiger partial charge in [-0.3, -0.25) is 0 Å². The van der Waals surface area contributed by atoms with Crippen LogP contribution in [0.3, 0.4) is 0 Å². The Balaban J connectivity index is 1.80. The number of hydrogen-bond donors (Lipinski definition) is 2. The maximum atomic E-state index is 12.0. The van der Waals surface area contributed by atoms with Gasteiger partial charge in [0.05, 0.1) is 7.11 Å². The van der Waals surface area contributed by atoms with Gasteiger partial charge >= 0.3 is 11.9 Å². The van der Waals surface area contributed by atoms with E-state index in [1.54, 1.807) is 60.7 Å². The van der Waals surface area contributed by atoms with Crippen molar-refractivity contribution in [2.45, 2.75) is 26.0 Å². The second-order valence-electron chi connectivity index (χ2n) is 7.28. The Morgan fingerprint density at radius 1 is 0.906 bits per heavy atom. The van der Waals surface area contributed by atoms with Gasteiger partial charge in [-0.1, -0.05) is 38.1 Å². The van der Waals surface area contributed by atoms with E-state index in [1.807, 2.05) is 13.8 Å². The van der Waals surface area contributed by atoms with Gasteiger partial charge in [0.15, 0.2) is 0 Å². The van der Waals surface area contributed by atoms with Crippen LogP contribution in [0.4, 0.5) is 0 Å². The van der Waals surface area contributed by atoms with Crippen LogP contribution in [0.1, 0.15) is 25.0 Å². The molecule has 0 aromatic heterocycles. The van der Waals surface area contributed by atoms with Crippen molar-refractivity contribution in [1.29, 1.82) is 0 Å². The van der Waals surface area contributed by atoms with Crippen LogP contribution in [0, 0.1) is 0 Å². The number of aliphatic hydroxyl groups excluding tert-OH is 1. The van der Waals surface area contributed by atoms with Crippen LogP contribution in [0.2, 0.25) is 0 Å². The number of hydrogen-bond acceptors (Lipinski definition) is 7. The summed E-state index contributed by atoms with van der Waals surface area (Å²) >= 11 is 0. The molecule has 1 atom stereocenters. The molecule has 0 aliphatic carbocycles. The van der Waals surface area contributed by atoms with E-state index < -0.39 is 18.0 Å². The molecule has 2 aromatic rings. The Morgan fingerprint density at radius 2 is 1.44 bits per heavy atom. The van der Waals surface area contributed by atoms with Gasteiger partial charge in [-0.15, -0.1) is 0 Å². The minimum atomic E-state index is -0.593. The Labute approximate surface area is 188 Å². The number of carbonyl (C=O) groups excluding carboxylic acids is 2. The highest BCUT2D eigenvalue weighted by atomic mass is 16.5. The zero-order valence-electron chi connectivity index (χ0n) is 18.5. The summed E-state index contributed by atoms with van der Waals surface area (Å²) in [5.74, 6) is 0.0736. The first-order valence-electron chi connectivity index (χ1n) is 10.3. The predicted octanol–water partition coefficient (Wildman–Crippen LogP) is 3.23. The first-order valence-corrected chi connectivity index (χ1v) is 10.3. The SMILES string of the molecule is COC(=O)/C=C/c1ccc(OC(=O)/C=C/c2ccc(OCC(O)CNC(C)C)cc2)cc1. The average Bonchev–Trinajstić information content (AvgIpc) is 2.80. The lowest BCUT2D eigenvalue weighted by Crippen LogP contribution is -2.35. The standard InChI is InChI=1S/C25H29NO6/c1-18(2)26-16-21(27)17-31-22-10-4-19(5-11-22)9-15-25(29)32-23-12-6-20(7-13-23)8-14-24(28)30-3/h4-15,18,21,26-27H,16-17H2,1-3H3/b14-8+,15-9+. The van der Waals surface area contributed by atoms with Gasteiger partial charge in [0, 0.05) is 24.7 Å². The number of carbonyl (C=O) groups is 2. The van der Waals surface area contributed by atoms with E-state index in [-0.39, 0.29) is 6.61 Å². The molecular formula is C25H29NO6. The van der Waals surface area contributed by atoms with Crippen molar-refractivity contribution >= 4 is 24.1 Å². The fourth-order valence-electron chi connectivity index (χ4n) is 2.49. The lowest BCUT2D eigenvalue weighted by atomic mass is 10.2. The van der Waals surface area contributed by atoms with Gasteiger partial charge in [-0.25, -0.2) is 9.59 Å². The number of ether oxygens (including phenoxy) is 3. The van der Waals surface area contributed by atoms with Crippen molar-refractivity contribution in [3.8, 4) is 11.5 Å². The van der Waals surface area contributed by atoms with Crippen LogP contribution in [0.5, 0.6) is 11.5 Å². The molecule has 32 heavy (non-hydrogen) atoms. The summed E-state index contributed by atoms with van der Waals surface area (Å²) in [5, 5.41) is 13.0. The number of rotatable bonds is 11. The summed E-state index contributed by atoms with van der Waals surface area (Å²) in [7, 11) is 1.31. The van der Waals surface area contributed by atoms with Gasteiger partial charge in [0.25, 0.3) is 0 Å². The van der Waals surface area contributed by atoms with E-state index in [4.69, 9.17) is 9.47 Å². The maximum Gasteiger partial charge on any atom is 0.336 e. The van der Waals surface area contributed by atoms with E-state index in [9.17, 15) is 14.7 Å². The molecule has 0 saturated heterocycles. The summed E-state index contributed by atoms with van der Waals surface area (Å²) in [6.45, 7) is 4.68. The molecule has 0 spiro atoms. The Kier molecular flexibility index (Phi) is 10.2. The van der Waals surface area contributed by atoms with Crippen LogP contribution in [0.25, 0.3) is 12.2 Å². The second kappa shape index (κ2) is 13.1. The Morgan fingerprint density at radius 3 is 1.97 bits per heavy atom. The van der Waals surface area contributed by atoms with Crippen molar-refractivity contribution in [3.05, 3.63) is 71.8 Å². The third kappa shape index (κ3) is 9.59. The fourth-order valence-corrected chi connectivity index (χ4v) is 2.49. The molecule has 0 fully saturated rings. The van der Waals surface area contributed by atoms with E-state index in [2.05, 4.69) is 10.1 Å². The zero-order chi connectivity index (χ0) is 23.3. The van der Waals surface area contributed by atoms with Crippen molar-refractivity contribution in [1.82, 2.24) is 5.32 Å². The molecule has 0 heterocycles. The first-order chi connectivity index (χ1) is 15.4. The number of nitrogens with one attached hydrogen (secondary N) is 1. The van der Waals surface area contributed by atoms with Crippen LogP contribution < -0.4 is 14.8 Å². The average molecular weight is 440 g/mol. The molecule has 2 N–H and O–H groups in total. The van der Waals surface area contributed by atoms with Crippen molar-refractivity contribution in [3.63, 3.8) is 0 Å². The van der Waals surface area contributed by atoms with Crippen molar-refractivity contribution in [2.24, 2.45) is 0 Å². The highest BCUT2D eigenvalue weighted by Gasteiger charge is 2.06. The molecule has 0 amide bonds. The third-order valence-electron chi connectivity index (χ3n) is 4.21. The first kappa shape index (κ1) is 24.8. The molecule has 2 aromatic carbocycles. The van der Waals surface area contributed by atoms with Gasteiger partial charge in [-0.2, -0.15) is 0 Å². The summed E-state index contributed by atoms with van der Waals surface area (Å²) in [6, 6.07) is 14.2. The summed E-state index contributed by atoms with van der Waals surface area (Å²) < 4.78 is 15.4. The Hall–Kier alpha value is -3.42. The van der Waals surface area contributed by atoms with Crippen LogP contribution >= 0.6 is 0 Å². The molecule has 170 valence electrons. The molecule has 0 radical (unpaired) electrons. The molecule has 0 aliphatic heterocycles. The van der Waals surface area contributed by atoms with Crippen LogP contribution in [0.15, 0.2) is 60.7 Å². The van der Waals surface area contributed by atoms with Gasteiger partial charge < -0.3 is 24.6 Å². The number of methoxy groups -OCH3 is 1. The second-order valence-corrected chi connectivity index (χ2v) is 7.28. The normalized spacial score (nSPS) is 12.3. The molecule has 1 unspecified atom stereocenters. The van der Waals surface area contributed by atoms with Crippen molar-refractivity contribution < 1.29 is 28.9 Å². The molecule has 0 saturated carbocycles. The number of aliphatic hydroxyl groups is 1. The topological polar surface area (TPSA) is 94.1 Å². The molecule has 0 aliphatic rings. The maximum absolute atomic E-state index is 12.0. The zero-order valence-corrected chi connectivity index (χ0v) is 18.5. The lowest BCUT2D eigenvalue weighted by Gasteiger charge is -2.15. The van der Waals surface area contributed by atoms with Crippen LogP contribution in [-0.2, 0) is 14.3 Å². The summed E-state index contributed by atoms with van der Waals surface area (Å²) in [5.41, 5.74) is 1.58. The fraction of sp³-hybridized carbons (Fsp3) is 0.280. The van der Waals surface area contributed by atoms with Crippen LogP contribution in [-0.4, -0.2) is 49.5 Å². The van der Waals surface area contributed by atoms with E-state index >= 15 is 0 Å². The number of esters is 2. The van der Waals surface area contributed by atoms with Gasteiger partial charge in [-0.05, 0) is 47.5 Å². The van der Waals surface area contributed by atoms with Gasteiger partial charge in [0.1, 0.15) is 24.2 Å². The number of benzene rings is 2. The minimum Gasteiger partial charge on any atom is -0.491 e. The van der Waals surface area contributed by atoms with E-state index in [0.29, 0.717) is 24.1 Å². The smallest absolute Gasteiger partial charge is 0.336 e. The van der Waals surface area contributed by atoms with E-state index in [1.165, 1.54) is 19.3 Å². The minimum absolute atomic E-state index is 0.193. The molecule has 2 rings (SSSR count). The Bertz CT molecular complexity index is 916. The molecule has 0 bridgehead atoms. The molecule has 7 heteroatoms. The van der Waals surface area contributed by atoms with Gasteiger partial charge in [0.2, 0.25) is 0 Å². The monoisotopic (exact) mass is 439 g/mol. The largest absolute Gasteiger partial charge is 0.491 e. The van der Waals surface area contributed by atoms with E-state index in [0.717, 1.165) is 11.1 Å². The lowest BCUT2D eigenvalue weighted by molar-refractivity contribution is -0.134.